The van der Waals surface area contributed by atoms with Crippen molar-refractivity contribution in [1.29, 1.82) is 0 Å². The Morgan fingerprint density at radius 1 is 1.17 bits per heavy atom. The maximum atomic E-state index is 12.7. The molecule has 4 heteroatoms. The number of alkyl halides is 1. The van der Waals surface area contributed by atoms with Gasteiger partial charge in [-0.1, -0.05) is 36.4 Å². The van der Waals surface area contributed by atoms with Crippen molar-refractivity contribution in [1.82, 2.24) is 4.98 Å². The zero-order valence-electron chi connectivity index (χ0n) is 12.7. The van der Waals surface area contributed by atoms with E-state index in [1.54, 1.807) is 12.4 Å². The molecule has 1 heterocycles. The maximum absolute atomic E-state index is 12.7. The number of hydrogen-bond acceptors (Lipinski definition) is 3. The number of carbonyl (C=O) groups excluding carboxylic acids is 1. The molecule has 0 aliphatic heterocycles. The van der Waals surface area contributed by atoms with Crippen molar-refractivity contribution < 1.29 is 4.79 Å². The van der Waals surface area contributed by atoms with E-state index in [4.69, 9.17) is 11.6 Å². The standard InChI is InChI=1S/C19H17ClN2O/c1-19(20)13-16(22-15-9-11-21-12-10-15)7-8-17(19)18(23)14-5-3-2-4-6-14/h2-13,17H,1H3,(H,21,22). The number of ketones is 1. The Labute approximate surface area is 140 Å². The van der Waals surface area contributed by atoms with Gasteiger partial charge in [-0.15, -0.1) is 11.6 Å². The van der Waals surface area contributed by atoms with Crippen LogP contribution in [-0.2, 0) is 0 Å². The minimum Gasteiger partial charge on any atom is -0.356 e. The van der Waals surface area contributed by atoms with E-state index in [2.05, 4.69) is 10.3 Å². The summed E-state index contributed by atoms with van der Waals surface area (Å²) in [4.78, 5) is 15.9. The van der Waals surface area contributed by atoms with Gasteiger partial charge in [0.05, 0.1) is 10.8 Å². The van der Waals surface area contributed by atoms with Gasteiger partial charge in [0.1, 0.15) is 0 Å². The molecule has 2 unspecified atom stereocenters. The van der Waals surface area contributed by atoms with Crippen LogP contribution in [0.3, 0.4) is 0 Å². The minimum absolute atomic E-state index is 0.0264. The first kappa shape index (κ1) is 15.5. The highest BCUT2D eigenvalue weighted by Crippen LogP contribution is 2.35. The summed E-state index contributed by atoms with van der Waals surface area (Å²) in [5, 5.41) is 3.27. The van der Waals surface area contributed by atoms with Gasteiger partial charge in [-0.05, 0) is 31.2 Å². The predicted octanol–water partition coefficient (Wildman–Crippen LogP) is 4.44. The van der Waals surface area contributed by atoms with Gasteiger partial charge < -0.3 is 5.32 Å². The molecule has 0 saturated carbocycles. The molecule has 3 rings (SSSR count). The number of pyridine rings is 1. The number of anilines is 1. The number of rotatable bonds is 4. The largest absolute Gasteiger partial charge is 0.356 e. The topological polar surface area (TPSA) is 42.0 Å². The molecule has 1 aliphatic rings. The number of benzene rings is 1. The van der Waals surface area contributed by atoms with Crippen LogP contribution in [-0.4, -0.2) is 15.6 Å². The summed E-state index contributed by atoms with van der Waals surface area (Å²) in [5.74, 6) is -0.367. The smallest absolute Gasteiger partial charge is 0.171 e. The number of Topliss-reactive ketones (excluding diaryl/α,β-unsaturated/α-hetero) is 1. The number of halogens is 1. The Balaban J connectivity index is 1.80. The van der Waals surface area contributed by atoms with E-state index >= 15 is 0 Å². The average molecular weight is 325 g/mol. The Kier molecular flexibility index (Phi) is 4.30. The molecule has 1 aromatic heterocycles. The molecule has 2 aromatic rings. The monoisotopic (exact) mass is 324 g/mol. The van der Waals surface area contributed by atoms with E-state index < -0.39 is 10.8 Å². The van der Waals surface area contributed by atoms with E-state index in [9.17, 15) is 4.79 Å². The van der Waals surface area contributed by atoms with Crippen LogP contribution < -0.4 is 5.32 Å². The van der Waals surface area contributed by atoms with Crippen molar-refractivity contribution >= 4 is 23.1 Å². The van der Waals surface area contributed by atoms with E-state index in [-0.39, 0.29) is 5.78 Å². The fraction of sp³-hybridized carbons (Fsp3) is 0.158. The summed E-state index contributed by atoms with van der Waals surface area (Å²) >= 11 is 6.64. The van der Waals surface area contributed by atoms with Crippen molar-refractivity contribution in [3.05, 3.63) is 84.3 Å². The van der Waals surface area contributed by atoms with Crippen LogP contribution in [0.25, 0.3) is 0 Å². The van der Waals surface area contributed by atoms with Crippen molar-refractivity contribution in [3.8, 4) is 0 Å². The van der Waals surface area contributed by atoms with Gasteiger partial charge >= 0.3 is 0 Å². The Morgan fingerprint density at radius 3 is 2.52 bits per heavy atom. The maximum Gasteiger partial charge on any atom is 0.171 e. The van der Waals surface area contributed by atoms with Gasteiger partial charge in [-0.25, -0.2) is 0 Å². The Hall–Kier alpha value is -2.39. The average Bonchev–Trinajstić information content (AvgIpc) is 2.55. The third-order valence-electron chi connectivity index (χ3n) is 3.82. The first-order chi connectivity index (χ1) is 11.1. The van der Waals surface area contributed by atoms with Crippen LogP contribution >= 0.6 is 11.6 Å². The predicted molar refractivity (Wildman–Crippen MR) is 93.6 cm³/mol. The number of allylic oxidation sites excluding steroid dienone is 3. The lowest BCUT2D eigenvalue weighted by atomic mass is 9.82. The zero-order valence-corrected chi connectivity index (χ0v) is 13.5. The van der Waals surface area contributed by atoms with Crippen LogP contribution in [0.1, 0.15) is 17.3 Å². The normalized spacial score (nSPS) is 23.2. The fourth-order valence-corrected chi connectivity index (χ4v) is 2.92. The second-order valence-corrected chi connectivity index (χ2v) is 6.49. The van der Waals surface area contributed by atoms with Crippen LogP contribution in [0.5, 0.6) is 0 Å². The second-order valence-electron chi connectivity index (χ2n) is 5.68. The van der Waals surface area contributed by atoms with Crippen molar-refractivity contribution in [2.45, 2.75) is 11.8 Å². The lowest BCUT2D eigenvalue weighted by molar-refractivity contribution is 0.0932. The van der Waals surface area contributed by atoms with Crippen LogP contribution in [0.4, 0.5) is 5.69 Å². The number of hydrogen-bond donors (Lipinski definition) is 1. The number of aromatic nitrogens is 1. The highest BCUT2D eigenvalue weighted by molar-refractivity contribution is 6.28. The molecule has 0 spiro atoms. The highest BCUT2D eigenvalue weighted by atomic mass is 35.5. The first-order valence-corrected chi connectivity index (χ1v) is 7.80. The van der Waals surface area contributed by atoms with Gasteiger partial charge in [0.25, 0.3) is 0 Å². The van der Waals surface area contributed by atoms with Gasteiger partial charge in [-0.3, -0.25) is 9.78 Å². The molecular weight excluding hydrogens is 308 g/mol. The Bertz CT molecular complexity index is 751. The van der Waals surface area contributed by atoms with Crippen molar-refractivity contribution in [2.24, 2.45) is 5.92 Å². The summed E-state index contributed by atoms with van der Waals surface area (Å²) in [6, 6.07) is 13.0. The van der Waals surface area contributed by atoms with Gasteiger partial charge in [-0.2, -0.15) is 0 Å². The third kappa shape index (κ3) is 3.51. The van der Waals surface area contributed by atoms with Gasteiger partial charge in [0.2, 0.25) is 0 Å². The van der Waals surface area contributed by atoms with Crippen LogP contribution in [0, 0.1) is 5.92 Å². The Morgan fingerprint density at radius 2 is 1.87 bits per heavy atom. The molecule has 1 aromatic carbocycles. The van der Waals surface area contributed by atoms with E-state index in [1.165, 1.54) is 0 Å². The highest BCUT2D eigenvalue weighted by Gasteiger charge is 2.36. The molecule has 0 bridgehead atoms. The molecule has 0 amide bonds. The van der Waals surface area contributed by atoms with Crippen molar-refractivity contribution in [3.63, 3.8) is 0 Å². The molecule has 2 atom stereocenters. The number of carbonyl (C=O) groups is 1. The second kappa shape index (κ2) is 6.39. The zero-order chi connectivity index (χ0) is 16.3. The molecule has 0 fully saturated rings. The summed E-state index contributed by atoms with van der Waals surface area (Å²) in [7, 11) is 0. The summed E-state index contributed by atoms with van der Waals surface area (Å²) in [5.41, 5.74) is 2.47. The SMILES string of the molecule is CC1(Cl)C=C(Nc2ccncc2)C=CC1C(=O)c1ccccc1. The van der Waals surface area contributed by atoms with E-state index in [0.717, 1.165) is 11.4 Å². The number of nitrogens with zero attached hydrogens (tertiary/aromatic N) is 1. The lowest BCUT2D eigenvalue weighted by Gasteiger charge is -2.30. The molecule has 1 aliphatic carbocycles. The van der Waals surface area contributed by atoms with Gasteiger partial charge in [0, 0.05) is 29.3 Å². The van der Waals surface area contributed by atoms with Crippen LogP contribution in [0.15, 0.2) is 78.8 Å². The molecule has 116 valence electrons. The third-order valence-corrected chi connectivity index (χ3v) is 4.17. The molecule has 0 radical (unpaired) electrons. The van der Waals surface area contributed by atoms with Gasteiger partial charge in [0.15, 0.2) is 5.78 Å². The lowest BCUT2D eigenvalue weighted by Crippen LogP contribution is -2.34. The molecule has 1 N–H and O–H groups in total. The summed E-state index contributed by atoms with van der Waals surface area (Å²) < 4.78 is 0. The molecular formula is C19H17ClN2O. The summed E-state index contributed by atoms with van der Waals surface area (Å²) in [6.45, 7) is 1.86. The minimum atomic E-state index is -0.781. The molecule has 0 saturated heterocycles. The van der Waals surface area contributed by atoms with E-state index in [1.807, 2.05) is 67.6 Å². The number of nitrogens with one attached hydrogen (secondary N) is 1. The first-order valence-electron chi connectivity index (χ1n) is 7.42. The molecule has 3 nitrogen and oxygen atoms in total. The molecule has 23 heavy (non-hydrogen) atoms. The van der Waals surface area contributed by atoms with Crippen molar-refractivity contribution in [2.75, 3.05) is 5.32 Å². The summed E-state index contributed by atoms with van der Waals surface area (Å²) in [6.07, 6.45) is 9.09. The quantitative estimate of drug-likeness (QED) is 0.667. The fourth-order valence-electron chi connectivity index (χ4n) is 2.64. The van der Waals surface area contributed by atoms with E-state index in [0.29, 0.717) is 5.56 Å². The van der Waals surface area contributed by atoms with Crippen LogP contribution in [0.2, 0.25) is 0 Å².